The third kappa shape index (κ3) is 4.34. The first kappa shape index (κ1) is 18.6. The molecule has 2 heterocycles. The molecule has 6 nitrogen and oxygen atoms in total. The third-order valence-corrected chi connectivity index (χ3v) is 6.45. The number of hydrogen-bond acceptors (Lipinski definition) is 4. The van der Waals surface area contributed by atoms with Gasteiger partial charge in [-0.2, -0.15) is 0 Å². The molecule has 3 fully saturated rings. The van der Waals surface area contributed by atoms with Crippen LogP contribution >= 0.6 is 0 Å². The SMILES string of the molecule is CC1CCCCN1C(=O)CN1CCN(C(=O)[C@@H]2CCC[C@@H]2CN)CC1. The summed E-state index contributed by atoms with van der Waals surface area (Å²) in [6.07, 6.45) is 6.69. The Morgan fingerprint density at radius 1 is 0.960 bits per heavy atom. The van der Waals surface area contributed by atoms with Crippen molar-refractivity contribution in [2.45, 2.75) is 51.5 Å². The van der Waals surface area contributed by atoms with Crippen LogP contribution in [0, 0.1) is 11.8 Å². The molecule has 2 amide bonds. The molecule has 0 spiro atoms. The lowest BCUT2D eigenvalue weighted by molar-refractivity contribution is -0.139. The van der Waals surface area contributed by atoms with Gasteiger partial charge in [-0.1, -0.05) is 6.42 Å². The summed E-state index contributed by atoms with van der Waals surface area (Å²) < 4.78 is 0. The second kappa shape index (κ2) is 8.49. The van der Waals surface area contributed by atoms with Gasteiger partial charge in [-0.3, -0.25) is 14.5 Å². The molecule has 6 heteroatoms. The first-order chi connectivity index (χ1) is 12.1. The van der Waals surface area contributed by atoms with Crippen LogP contribution in [0.2, 0.25) is 0 Å². The number of piperazine rings is 1. The number of amides is 2. The molecule has 142 valence electrons. The fourth-order valence-corrected chi connectivity index (χ4v) is 4.76. The topological polar surface area (TPSA) is 69.9 Å². The minimum absolute atomic E-state index is 0.132. The molecule has 25 heavy (non-hydrogen) atoms. The molecule has 3 atom stereocenters. The van der Waals surface area contributed by atoms with Gasteiger partial charge in [0.1, 0.15) is 0 Å². The summed E-state index contributed by atoms with van der Waals surface area (Å²) in [6.45, 7) is 7.29. The van der Waals surface area contributed by atoms with E-state index in [0.29, 0.717) is 31.0 Å². The van der Waals surface area contributed by atoms with Crippen LogP contribution in [0.15, 0.2) is 0 Å². The summed E-state index contributed by atoms with van der Waals surface area (Å²) >= 11 is 0. The molecule has 2 saturated heterocycles. The van der Waals surface area contributed by atoms with Crippen LogP contribution in [-0.4, -0.2) is 78.4 Å². The normalized spacial score (nSPS) is 31.4. The van der Waals surface area contributed by atoms with Crippen LogP contribution in [0.4, 0.5) is 0 Å². The summed E-state index contributed by atoms with van der Waals surface area (Å²) in [6, 6.07) is 0.375. The minimum Gasteiger partial charge on any atom is -0.340 e. The van der Waals surface area contributed by atoms with Crippen LogP contribution in [-0.2, 0) is 9.59 Å². The molecular formula is C19H34N4O2. The van der Waals surface area contributed by atoms with Gasteiger partial charge in [-0.25, -0.2) is 0 Å². The third-order valence-electron chi connectivity index (χ3n) is 6.45. The van der Waals surface area contributed by atoms with E-state index < -0.39 is 0 Å². The van der Waals surface area contributed by atoms with Crippen molar-refractivity contribution in [3.63, 3.8) is 0 Å². The van der Waals surface area contributed by atoms with E-state index in [0.717, 1.165) is 64.8 Å². The second-order valence-corrected chi connectivity index (χ2v) is 8.07. The van der Waals surface area contributed by atoms with E-state index in [4.69, 9.17) is 5.73 Å². The standard InChI is InChI=1S/C19H34N4O2/c1-15-5-2-3-8-23(15)18(24)14-21-9-11-22(12-10-21)19(25)17-7-4-6-16(17)13-20/h15-17H,2-14,20H2,1H3/t15?,16-,17-/m1/s1. The first-order valence-corrected chi connectivity index (χ1v) is 10.1. The minimum atomic E-state index is 0.132. The van der Waals surface area contributed by atoms with Gasteiger partial charge in [0.25, 0.3) is 0 Å². The molecule has 2 aliphatic heterocycles. The van der Waals surface area contributed by atoms with Gasteiger partial charge in [0.15, 0.2) is 0 Å². The van der Waals surface area contributed by atoms with Gasteiger partial charge in [-0.05, 0) is 51.5 Å². The van der Waals surface area contributed by atoms with E-state index >= 15 is 0 Å². The zero-order valence-electron chi connectivity index (χ0n) is 15.7. The maximum absolute atomic E-state index is 12.8. The van der Waals surface area contributed by atoms with Crippen molar-refractivity contribution in [3.05, 3.63) is 0 Å². The molecule has 3 aliphatic rings. The Labute approximate surface area is 151 Å². The smallest absolute Gasteiger partial charge is 0.236 e. The highest BCUT2D eigenvalue weighted by Crippen LogP contribution is 2.32. The highest BCUT2D eigenvalue weighted by atomic mass is 16.2. The van der Waals surface area contributed by atoms with E-state index in [9.17, 15) is 9.59 Å². The Kier molecular flexibility index (Phi) is 6.34. The zero-order chi connectivity index (χ0) is 17.8. The van der Waals surface area contributed by atoms with Gasteiger partial charge in [0.05, 0.1) is 6.54 Å². The van der Waals surface area contributed by atoms with Crippen LogP contribution < -0.4 is 5.73 Å². The fraction of sp³-hybridized carbons (Fsp3) is 0.895. The van der Waals surface area contributed by atoms with Gasteiger partial charge in [0.2, 0.25) is 11.8 Å². The zero-order valence-corrected chi connectivity index (χ0v) is 15.7. The van der Waals surface area contributed by atoms with Gasteiger partial charge in [0, 0.05) is 44.7 Å². The molecule has 1 unspecified atom stereocenters. The van der Waals surface area contributed by atoms with Gasteiger partial charge >= 0.3 is 0 Å². The number of hydrogen-bond donors (Lipinski definition) is 1. The Hall–Kier alpha value is -1.14. The summed E-state index contributed by atoms with van der Waals surface area (Å²) in [5.41, 5.74) is 5.83. The predicted molar refractivity (Wildman–Crippen MR) is 97.9 cm³/mol. The van der Waals surface area contributed by atoms with Crippen LogP contribution in [0.3, 0.4) is 0 Å². The largest absolute Gasteiger partial charge is 0.340 e. The number of carbonyl (C=O) groups excluding carboxylic acids is 2. The van der Waals surface area contributed by atoms with Gasteiger partial charge in [-0.15, -0.1) is 0 Å². The number of nitrogens with two attached hydrogens (primary N) is 1. The van der Waals surface area contributed by atoms with Crippen molar-refractivity contribution in [2.75, 3.05) is 45.8 Å². The van der Waals surface area contributed by atoms with Gasteiger partial charge < -0.3 is 15.5 Å². The molecule has 1 saturated carbocycles. The molecule has 3 rings (SSSR count). The van der Waals surface area contributed by atoms with E-state index in [1.165, 1.54) is 6.42 Å². The summed E-state index contributed by atoms with van der Waals surface area (Å²) in [4.78, 5) is 31.6. The van der Waals surface area contributed by atoms with Crippen molar-refractivity contribution in [3.8, 4) is 0 Å². The molecule has 0 aromatic heterocycles. The van der Waals surface area contributed by atoms with E-state index in [1.807, 2.05) is 9.80 Å². The van der Waals surface area contributed by atoms with Crippen LogP contribution in [0.5, 0.6) is 0 Å². The fourth-order valence-electron chi connectivity index (χ4n) is 4.76. The lowest BCUT2D eigenvalue weighted by Gasteiger charge is -2.39. The van der Waals surface area contributed by atoms with Crippen molar-refractivity contribution in [2.24, 2.45) is 17.6 Å². The number of carbonyl (C=O) groups is 2. The monoisotopic (exact) mass is 350 g/mol. The molecule has 0 aromatic carbocycles. The maximum Gasteiger partial charge on any atom is 0.236 e. The summed E-state index contributed by atoms with van der Waals surface area (Å²) in [5.74, 6) is 1.05. The summed E-state index contributed by atoms with van der Waals surface area (Å²) in [5, 5.41) is 0. The molecular weight excluding hydrogens is 316 g/mol. The molecule has 0 aromatic rings. The molecule has 1 aliphatic carbocycles. The Bertz CT molecular complexity index is 476. The average Bonchev–Trinajstić information content (AvgIpc) is 3.11. The molecule has 2 N–H and O–H groups in total. The average molecular weight is 351 g/mol. The van der Waals surface area contributed by atoms with Crippen molar-refractivity contribution >= 4 is 11.8 Å². The Balaban J connectivity index is 1.45. The number of piperidine rings is 1. The Morgan fingerprint density at radius 3 is 2.40 bits per heavy atom. The predicted octanol–water partition coefficient (Wildman–Crippen LogP) is 0.907. The molecule has 0 bridgehead atoms. The number of rotatable bonds is 4. The second-order valence-electron chi connectivity index (χ2n) is 8.07. The van der Waals surface area contributed by atoms with Crippen molar-refractivity contribution in [1.82, 2.24) is 14.7 Å². The number of likely N-dealkylation sites (tertiary alicyclic amines) is 1. The maximum atomic E-state index is 12.8. The van der Waals surface area contributed by atoms with Crippen molar-refractivity contribution < 1.29 is 9.59 Å². The van der Waals surface area contributed by atoms with E-state index in [1.54, 1.807) is 0 Å². The van der Waals surface area contributed by atoms with Crippen LogP contribution in [0.25, 0.3) is 0 Å². The van der Waals surface area contributed by atoms with Crippen LogP contribution in [0.1, 0.15) is 45.4 Å². The lowest BCUT2D eigenvalue weighted by atomic mass is 9.94. The van der Waals surface area contributed by atoms with E-state index in [-0.39, 0.29) is 11.8 Å². The lowest BCUT2D eigenvalue weighted by Crippen LogP contribution is -2.54. The quantitative estimate of drug-likeness (QED) is 0.818. The number of nitrogens with zero attached hydrogens (tertiary/aromatic N) is 3. The molecule has 0 radical (unpaired) electrons. The first-order valence-electron chi connectivity index (χ1n) is 10.1. The highest BCUT2D eigenvalue weighted by molar-refractivity contribution is 5.80. The summed E-state index contributed by atoms with van der Waals surface area (Å²) in [7, 11) is 0. The van der Waals surface area contributed by atoms with Crippen molar-refractivity contribution in [1.29, 1.82) is 0 Å². The van der Waals surface area contributed by atoms with E-state index in [2.05, 4.69) is 11.8 Å². The highest BCUT2D eigenvalue weighted by Gasteiger charge is 2.36. The Morgan fingerprint density at radius 2 is 1.72 bits per heavy atom.